The van der Waals surface area contributed by atoms with Gasteiger partial charge in [-0.05, 0) is 17.2 Å². The number of aromatic amines is 1. The number of H-pyrrole nitrogens is 1. The number of alkyl carbamates (subject to hydrolysis) is 1. The molecule has 3 aromatic rings. The molecule has 3 N–H and O–H groups in total. The predicted molar refractivity (Wildman–Crippen MR) is 107 cm³/mol. The summed E-state index contributed by atoms with van der Waals surface area (Å²) < 4.78 is 10.4. The summed E-state index contributed by atoms with van der Waals surface area (Å²) in [5, 5.41) is 13.1. The van der Waals surface area contributed by atoms with Crippen LogP contribution in [0.5, 0.6) is 0 Å². The monoisotopic (exact) mass is 408 g/mol. The SMILES string of the molecule is O=C(N[C@@H]1C[C@@](Cc2c[nH]c3ccccc23)(C(=O)O)OC1=O)OCc1ccccc1. The molecule has 2 atom stereocenters. The minimum absolute atomic E-state index is 0.0185. The molecule has 4 rings (SSSR count). The first kappa shape index (κ1) is 19.5. The summed E-state index contributed by atoms with van der Waals surface area (Å²) in [6, 6.07) is 15.4. The Labute approximate surface area is 171 Å². The van der Waals surface area contributed by atoms with Gasteiger partial charge in [0.25, 0.3) is 0 Å². The third-order valence-electron chi connectivity index (χ3n) is 5.16. The fourth-order valence-corrected chi connectivity index (χ4v) is 3.64. The van der Waals surface area contributed by atoms with Crippen LogP contribution < -0.4 is 5.32 Å². The van der Waals surface area contributed by atoms with Crippen molar-refractivity contribution in [3.05, 3.63) is 71.9 Å². The van der Waals surface area contributed by atoms with Crippen LogP contribution in [0.1, 0.15) is 17.5 Å². The number of aliphatic carboxylic acids is 1. The highest BCUT2D eigenvalue weighted by Crippen LogP contribution is 2.33. The molecule has 0 spiro atoms. The fourth-order valence-electron chi connectivity index (χ4n) is 3.64. The number of nitrogens with one attached hydrogen (secondary N) is 2. The lowest BCUT2D eigenvalue weighted by Gasteiger charge is -2.22. The molecule has 0 bridgehead atoms. The van der Waals surface area contributed by atoms with E-state index >= 15 is 0 Å². The smallest absolute Gasteiger partial charge is 0.408 e. The van der Waals surface area contributed by atoms with Crippen LogP contribution in [0.4, 0.5) is 4.79 Å². The highest BCUT2D eigenvalue weighted by atomic mass is 16.6. The molecule has 1 amide bonds. The van der Waals surface area contributed by atoms with Crippen molar-refractivity contribution in [1.29, 1.82) is 0 Å². The quantitative estimate of drug-likeness (QED) is 0.540. The number of amides is 1. The van der Waals surface area contributed by atoms with Gasteiger partial charge < -0.3 is 24.9 Å². The third kappa shape index (κ3) is 3.84. The van der Waals surface area contributed by atoms with Crippen molar-refractivity contribution in [3.8, 4) is 0 Å². The van der Waals surface area contributed by atoms with E-state index in [-0.39, 0.29) is 19.4 Å². The van der Waals surface area contributed by atoms with Gasteiger partial charge in [-0.1, -0.05) is 48.5 Å². The second kappa shape index (κ2) is 7.90. The number of cyclic esters (lactones) is 1. The van der Waals surface area contributed by atoms with E-state index in [1.54, 1.807) is 18.3 Å². The van der Waals surface area contributed by atoms with Crippen molar-refractivity contribution in [2.45, 2.75) is 31.1 Å². The zero-order valence-corrected chi connectivity index (χ0v) is 16.0. The summed E-state index contributed by atoms with van der Waals surface area (Å²) in [6.07, 6.45) is 0.684. The maximum atomic E-state index is 12.3. The molecule has 1 saturated heterocycles. The zero-order chi connectivity index (χ0) is 21.1. The Morgan fingerprint density at radius 3 is 2.67 bits per heavy atom. The van der Waals surface area contributed by atoms with Crippen LogP contribution in [-0.2, 0) is 32.1 Å². The number of fused-ring (bicyclic) bond motifs is 1. The minimum Gasteiger partial charge on any atom is -0.478 e. The summed E-state index contributed by atoms with van der Waals surface area (Å²) in [4.78, 5) is 39.6. The molecule has 1 fully saturated rings. The summed E-state index contributed by atoms with van der Waals surface area (Å²) >= 11 is 0. The van der Waals surface area contributed by atoms with E-state index in [1.807, 2.05) is 42.5 Å². The molecule has 154 valence electrons. The van der Waals surface area contributed by atoms with Crippen LogP contribution in [0.3, 0.4) is 0 Å². The number of hydrogen-bond donors (Lipinski definition) is 3. The van der Waals surface area contributed by atoms with Crippen LogP contribution in [0.25, 0.3) is 10.9 Å². The first-order valence-electron chi connectivity index (χ1n) is 9.45. The lowest BCUT2D eigenvalue weighted by molar-refractivity contribution is -0.169. The molecule has 0 aliphatic carbocycles. The highest BCUT2D eigenvalue weighted by Gasteiger charge is 2.53. The number of aromatic nitrogens is 1. The Balaban J connectivity index is 1.45. The van der Waals surface area contributed by atoms with E-state index in [0.717, 1.165) is 16.5 Å². The Morgan fingerprint density at radius 1 is 1.17 bits per heavy atom. The van der Waals surface area contributed by atoms with E-state index in [0.29, 0.717) is 5.56 Å². The van der Waals surface area contributed by atoms with Crippen LogP contribution in [0, 0.1) is 0 Å². The lowest BCUT2D eigenvalue weighted by atomic mass is 9.90. The fraction of sp³-hybridized carbons (Fsp3) is 0.227. The second-order valence-electron chi connectivity index (χ2n) is 7.22. The lowest BCUT2D eigenvalue weighted by Crippen LogP contribution is -2.42. The standard InChI is InChI=1S/C22H20N2O6/c25-19-18(24-21(28)29-13-14-6-2-1-3-7-14)11-22(30-19,20(26)27)10-15-12-23-17-9-5-4-8-16(15)17/h1-9,12,18,23H,10-11,13H2,(H,24,28)(H,26,27)/t18-,22+/m1/s1. The van der Waals surface area contributed by atoms with Gasteiger partial charge in [-0.25, -0.2) is 14.4 Å². The zero-order valence-electron chi connectivity index (χ0n) is 16.0. The number of rotatable bonds is 6. The van der Waals surface area contributed by atoms with Gasteiger partial charge in [0.15, 0.2) is 0 Å². The molecule has 8 heteroatoms. The molecular weight excluding hydrogens is 388 g/mol. The first-order chi connectivity index (χ1) is 14.5. The number of carboxylic acid groups (broad SMARTS) is 1. The summed E-state index contributed by atoms with van der Waals surface area (Å²) in [5.41, 5.74) is 0.602. The Bertz CT molecular complexity index is 1090. The van der Waals surface area contributed by atoms with Crippen molar-refractivity contribution in [2.24, 2.45) is 0 Å². The molecule has 30 heavy (non-hydrogen) atoms. The average Bonchev–Trinajstić information content (AvgIpc) is 3.29. The maximum Gasteiger partial charge on any atom is 0.408 e. The Hall–Kier alpha value is -3.81. The number of hydrogen-bond acceptors (Lipinski definition) is 5. The molecule has 1 aliphatic rings. The normalized spacial score (nSPS) is 20.7. The van der Waals surface area contributed by atoms with Gasteiger partial charge in [0.2, 0.25) is 5.60 Å². The van der Waals surface area contributed by atoms with Gasteiger partial charge in [0.05, 0.1) is 0 Å². The summed E-state index contributed by atoms with van der Waals surface area (Å²) in [7, 11) is 0. The van der Waals surface area contributed by atoms with Crippen molar-refractivity contribution in [1.82, 2.24) is 10.3 Å². The van der Waals surface area contributed by atoms with E-state index in [4.69, 9.17) is 9.47 Å². The number of carboxylic acids is 1. The number of benzene rings is 2. The van der Waals surface area contributed by atoms with E-state index in [9.17, 15) is 19.5 Å². The summed E-state index contributed by atoms with van der Waals surface area (Å²) in [5.74, 6) is -2.06. The van der Waals surface area contributed by atoms with Gasteiger partial charge in [-0.15, -0.1) is 0 Å². The highest BCUT2D eigenvalue weighted by molar-refractivity contribution is 5.92. The molecule has 1 aromatic heterocycles. The van der Waals surface area contributed by atoms with E-state index < -0.39 is 29.7 Å². The molecule has 0 unspecified atom stereocenters. The molecule has 2 aromatic carbocycles. The number of carbonyl (C=O) groups excluding carboxylic acids is 2. The van der Waals surface area contributed by atoms with Crippen molar-refractivity contribution >= 4 is 28.9 Å². The van der Waals surface area contributed by atoms with Gasteiger partial charge in [0, 0.05) is 29.9 Å². The van der Waals surface area contributed by atoms with E-state index in [2.05, 4.69) is 10.3 Å². The molecule has 2 heterocycles. The number of ether oxygens (including phenoxy) is 2. The van der Waals surface area contributed by atoms with Crippen LogP contribution in [0.2, 0.25) is 0 Å². The minimum atomic E-state index is -1.76. The number of para-hydroxylation sites is 1. The van der Waals surface area contributed by atoms with Crippen LogP contribution in [-0.4, -0.2) is 39.8 Å². The summed E-state index contributed by atoms with van der Waals surface area (Å²) in [6.45, 7) is 0.0356. The van der Waals surface area contributed by atoms with Gasteiger partial charge in [0.1, 0.15) is 12.6 Å². The Morgan fingerprint density at radius 2 is 1.90 bits per heavy atom. The molecular formula is C22H20N2O6. The van der Waals surface area contributed by atoms with E-state index in [1.165, 1.54) is 0 Å². The maximum absolute atomic E-state index is 12.3. The molecule has 8 nitrogen and oxygen atoms in total. The van der Waals surface area contributed by atoms with Gasteiger partial charge in [-0.2, -0.15) is 0 Å². The second-order valence-corrected chi connectivity index (χ2v) is 7.22. The van der Waals surface area contributed by atoms with Crippen molar-refractivity contribution < 1.29 is 29.0 Å². The first-order valence-corrected chi connectivity index (χ1v) is 9.45. The largest absolute Gasteiger partial charge is 0.478 e. The van der Waals surface area contributed by atoms with Gasteiger partial charge >= 0.3 is 18.0 Å². The third-order valence-corrected chi connectivity index (χ3v) is 5.16. The molecule has 1 aliphatic heterocycles. The van der Waals surface area contributed by atoms with Gasteiger partial charge in [-0.3, -0.25) is 0 Å². The Kier molecular flexibility index (Phi) is 5.14. The van der Waals surface area contributed by atoms with Crippen molar-refractivity contribution in [3.63, 3.8) is 0 Å². The molecule has 0 radical (unpaired) electrons. The van der Waals surface area contributed by atoms with Crippen LogP contribution in [0.15, 0.2) is 60.8 Å². The van der Waals surface area contributed by atoms with Crippen molar-refractivity contribution in [2.75, 3.05) is 0 Å². The predicted octanol–water partition coefficient (Wildman–Crippen LogP) is 2.78. The topological polar surface area (TPSA) is 118 Å². The number of carbonyl (C=O) groups is 3. The van der Waals surface area contributed by atoms with Crippen LogP contribution >= 0.6 is 0 Å². The average molecular weight is 408 g/mol. The number of esters is 1. The molecule has 0 saturated carbocycles.